The van der Waals surface area contributed by atoms with Crippen LogP contribution >= 0.6 is 0 Å². The van der Waals surface area contributed by atoms with Gasteiger partial charge in [-0.3, -0.25) is 0 Å². The topological polar surface area (TPSA) is 21.3 Å². The van der Waals surface area contributed by atoms with Gasteiger partial charge in [-0.05, 0) is 51.0 Å². The number of rotatable bonds is 7. The smallest absolute Gasteiger partial charge is 0.0466 e. The number of unbranched alkanes of at least 4 members (excludes halogenated alkanes) is 1. The fourth-order valence-corrected chi connectivity index (χ4v) is 2.83. The Bertz CT molecular complexity index is 162. The molecule has 0 amide bonds. The van der Waals surface area contributed by atoms with Crippen molar-refractivity contribution >= 4 is 0 Å². The first-order chi connectivity index (χ1) is 7.75. The van der Waals surface area contributed by atoms with Gasteiger partial charge in [-0.1, -0.05) is 20.3 Å². The van der Waals surface area contributed by atoms with E-state index in [1.807, 2.05) is 0 Å². The highest BCUT2D eigenvalue weighted by Crippen LogP contribution is 2.28. The lowest BCUT2D eigenvalue weighted by molar-refractivity contribution is 0.141. The van der Waals surface area contributed by atoms with Crippen LogP contribution in [0.2, 0.25) is 0 Å². The van der Waals surface area contributed by atoms with Crippen LogP contribution < -0.4 is 5.32 Å². The Morgan fingerprint density at radius 2 is 1.81 bits per heavy atom. The van der Waals surface area contributed by atoms with Gasteiger partial charge >= 0.3 is 0 Å². The first kappa shape index (κ1) is 14.0. The minimum atomic E-state index is 0.751. The average Bonchev–Trinajstić information content (AvgIpc) is 2.26. The van der Waals surface area contributed by atoms with E-state index in [1.165, 1.54) is 32.1 Å². The quantitative estimate of drug-likeness (QED) is 0.674. The van der Waals surface area contributed by atoms with Gasteiger partial charge in [0.25, 0.3) is 0 Å². The first-order valence-electron chi connectivity index (χ1n) is 7.06. The Morgan fingerprint density at radius 1 is 1.12 bits per heavy atom. The molecule has 96 valence electrons. The molecular formula is C14H29NO. The van der Waals surface area contributed by atoms with Gasteiger partial charge in [0.05, 0.1) is 0 Å². The summed E-state index contributed by atoms with van der Waals surface area (Å²) >= 11 is 0. The molecule has 1 saturated carbocycles. The zero-order valence-corrected chi connectivity index (χ0v) is 11.3. The molecule has 2 nitrogen and oxygen atoms in total. The summed E-state index contributed by atoms with van der Waals surface area (Å²) in [4.78, 5) is 0. The second-order valence-corrected chi connectivity index (χ2v) is 5.27. The van der Waals surface area contributed by atoms with Gasteiger partial charge in [0.1, 0.15) is 0 Å². The molecule has 2 atom stereocenters. The van der Waals surface area contributed by atoms with Crippen LogP contribution in [0.25, 0.3) is 0 Å². The lowest BCUT2D eigenvalue weighted by atomic mass is 9.79. The number of nitrogens with one attached hydrogen (secondary N) is 1. The number of ether oxygens (including phenoxy) is 1. The summed E-state index contributed by atoms with van der Waals surface area (Å²) in [6.45, 7) is 9.79. The Balaban J connectivity index is 2.06. The van der Waals surface area contributed by atoms with E-state index in [1.54, 1.807) is 0 Å². The third kappa shape index (κ3) is 4.84. The zero-order chi connectivity index (χ0) is 11.8. The average molecular weight is 227 g/mol. The summed E-state index contributed by atoms with van der Waals surface area (Å²) in [5.74, 6) is 1.71. The molecule has 1 aliphatic rings. The SMILES string of the molecule is CCOCCCCNC1C(C)CCCC1C. The highest BCUT2D eigenvalue weighted by molar-refractivity contribution is 4.83. The second-order valence-electron chi connectivity index (χ2n) is 5.27. The van der Waals surface area contributed by atoms with Crippen molar-refractivity contribution in [2.24, 2.45) is 11.8 Å². The van der Waals surface area contributed by atoms with Crippen LogP contribution in [0.1, 0.15) is 52.9 Å². The van der Waals surface area contributed by atoms with Crippen LogP contribution in [-0.2, 0) is 4.74 Å². The highest BCUT2D eigenvalue weighted by Gasteiger charge is 2.26. The van der Waals surface area contributed by atoms with Gasteiger partial charge < -0.3 is 10.1 Å². The molecule has 0 aromatic carbocycles. The molecule has 0 saturated heterocycles. The molecule has 0 aliphatic heterocycles. The van der Waals surface area contributed by atoms with Crippen molar-refractivity contribution in [3.05, 3.63) is 0 Å². The molecule has 0 radical (unpaired) electrons. The minimum Gasteiger partial charge on any atom is -0.382 e. The summed E-state index contributed by atoms with van der Waals surface area (Å²) in [5, 5.41) is 3.74. The van der Waals surface area contributed by atoms with E-state index in [4.69, 9.17) is 4.74 Å². The first-order valence-corrected chi connectivity index (χ1v) is 7.06. The molecule has 0 heterocycles. The zero-order valence-electron chi connectivity index (χ0n) is 11.3. The Morgan fingerprint density at radius 3 is 2.44 bits per heavy atom. The minimum absolute atomic E-state index is 0.751. The monoisotopic (exact) mass is 227 g/mol. The number of hydrogen-bond donors (Lipinski definition) is 1. The summed E-state index contributed by atoms with van der Waals surface area (Å²) in [6.07, 6.45) is 6.67. The predicted octanol–water partition coefficient (Wildman–Crippen LogP) is 3.22. The standard InChI is InChI=1S/C14H29NO/c1-4-16-11-6-5-10-15-14-12(2)8-7-9-13(14)3/h12-15H,4-11H2,1-3H3. The van der Waals surface area contributed by atoms with Crippen molar-refractivity contribution in [1.29, 1.82) is 0 Å². The predicted molar refractivity (Wildman–Crippen MR) is 69.7 cm³/mol. The maximum Gasteiger partial charge on any atom is 0.0466 e. The van der Waals surface area contributed by atoms with Gasteiger partial charge in [0.2, 0.25) is 0 Å². The van der Waals surface area contributed by atoms with E-state index in [0.29, 0.717) is 0 Å². The summed E-state index contributed by atoms with van der Waals surface area (Å²) in [5.41, 5.74) is 0. The molecule has 16 heavy (non-hydrogen) atoms. The van der Waals surface area contributed by atoms with Crippen molar-refractivity contribution in [2.45, 2.75) is 58.9 Å². The van der Waals surface area contributed by atoms with Crippen molar-refractivity contribution < 1.29 is 4.74 Å². The molecule has 0 aromatic rings. The molecular weight excluding hydrogens is 198 g/mol. The Kier molecular flexibility index (Phi) is 7.06. The van der Waals surface area contributed by atoms with Crippen LogP contribution in [0.5, 0.6) is 0 Å². The van der Waals surface area contributed by atoms with Crippen molar-refractivity contribution in [3.63, 3.8) is 0 Å². The molecule has 1 fully saturated rings. The lowest BCUT2D eigenvalue weighted by Crippen LogP contribution is -2.43. The normalized spacial score (nSPS) is 30.6. The van der Waals surface area contributed by atoms with E-state index in [2.05, 4.69) is 26.1 Å². The Labute approximate surface area is 101 Å². The molecule has 0 spiro atoms. The number of hydrogen-bond acceptors (Lipinski definition) is 2. The van der Waals surface area contributed by atoms with Crippen LogP contribution in [0.4, 0.5) is 0 Å². The van der Waals surface area contributed by atoms with Gasteiger partial charge in [0, 0.05) is 19.3 Å². The molecule has 1 N–H and O–H groups in total. The molecule has 2 unspecified atom stereocenters. The Hall–Kier alpha value is -0.0800. The molecule has 1 aliphatic carbocycles. The molecule has 0 bridgehead atoms. The van der Waals surface area contributed by atoms with Crippen LogP contribution in [0.3, 0.4) is 0 Å². The highest BCUT2D eigenvalue weighted by atomic mass is 16.5. The van der Waals surface area contributed by atoms with Crippen molar-refractivity contribution in [1.82, 2.24) is 5.32 Å². The van der Waals surface area contributed by atoms with Gasteiger partial charge in [-0.15, -0.1) is 0 Å². The van der Waals surface area contributed by atoms with Crippen LogP contribution in [0.15, 0.2) is 0 Å². The fourth-order valence-electron chi connectivity index (χ4n) is 2.83. The maximum absolute atomic E-state index is 5.34. The van der Waals surface area contributed by atoms with Crippen molar-refractivity contribution in [3.8, 4) is 0 Å². The van der Waals surface area contributed by atoms with Crippen LogP contribution in [0, 0.1) is 11.8 Å². The largest absolute Gasteiger partial charge is 0.382 e. The van der Waals surface area contributed by atoms with E-state index in [9.17, 15) is 0 Å². The lowest BCUT2D eigenvalue weighted by Gasteiger charge is -2.35. The maximum atomic E-state index is 5.34. The van der Waals surface area contributed by atoms with Crippen LogP contribution in [-0.4, -0.2) is 25.8 Å². The molecule has 1 rings (SSSR count). The van der Waals surface area contributed by atoms with E-state index in [-0.39, 0.29) is 0 Å². The second kappa shape index (κ2) is 8.08. The van der Waals surface area contributed by atoms with Gasteiger partial charge in [0.15, 0.2) is 0 Å². The van der Waals surface area contributed by atoms with Crippen molar-refractivity contribution in [2.75, 3.05) is 19.8 Å². The summed E-state index contributed by atoms with van der Waals surface area (Å²) in [7, 11) is 0. The fraction of sp³-hybridized carbons (Fsp3) is 1.00. The third-order valence-corrected chi connectivity index (χ3v) is 3.84. The summed E-state index contributed by atoms with van der Waals surface area (Å²) in [6, 6.07) is 0.751. The van der Waals surface area contributed by atoms with Gasteiger partial charge in [-0.2, -0.15) is 0 Å². The molecule has 0 aromatic heterocycles. The van der Waals surface area contributed by atoms with E-state index < -0.39 is 0 Å². The van der Waals surface area contributed by atoms with E-state index in [0.717, 1.165) is 37.6 Å². The van der Waals surface area contributed by atoms with E-state index >= 15 is 0 Å². The summed E-state index contributed by atoms with van der Waals surface area (Å²) < 4.78 is 5.34. The van der Waals surface area contributed by atoms with Gasteiger partial charge in [-0.25, -0.2) is 0 Å². The third-order valence-electron chi connectivity index (χ3n) is 3.84. The molecule has 2 heteroatoms.